The van der Waals surface area contributed by atoms with Crippen LogP contribution in [0.3, 0.4) is 0 Å². The molecule has 4 heterocycles. The van der Waals surface area contributed by atoms with Crippen molar-refractivity contribution < 1.29 is 38.0 Å². The number of pyridine rings is 2. The molecule has 6 aromatic carbocycles. The molecular formula is C56H51IN2O8. The molecule has 10 nitrogen and oxygen atoms in total. The molecule has 11 heteroatoms. The molecule has 340 valence electrons. The Bertz CT molecular complexity index is 3030. The maximum absolute atomic E-state index is 12.4. The summed E-state index contributed by atoms with van der Waals surface area (Å²) in [6, 6.07) is 49.7. The van der Waals surface area contributed by atoms with Gasteiger partial charge in [0.05, 0.1) is 61.8 Å². The minimum Gasteiger partial charge on any atom is -0.462 e. The van der Waals surface area contributed by atoms with E-state index in [1.165, 1.54) is 11.1 Å². The van der Waals surface area contributed by atoms with Crippen LogP contribution in [-0.4, -0.2) is 35.1 Å². The van der Waals surface area contributed by atoms with Crippen LogP contribution >= 0.6 is 22.6 Å². The van der Waals surface area contributed by atoms with Crippen LogP contribution in [0.5, 0.6) is 0 Å². The summed E-state index contributed by atoms with van der Waals surface area (Å²) in [5.41, 5.74) is 13.4. The smallest absolute Gasteiger partial charge is 0.339 e. The summed E-state index contributed by atoms with van der Waals surface area (Å²) in [6.45, 7) is 10.5. The normalized spacial score (nSPS) is 14.6. The fraction of sp³-hybridized carbons (Fsp3) is 0.214. The molecule has 2 aliphatic rings. The van der Waals surface area contributed by atoms with Gasteiger partial charge in [0.25, 0.3) is 0 Å². The number of nitrogens with zero attached hydrogens (tertiary/aromatic N) is 2. The highest BCUT2D eigenvalue weighted by Crippen LogP contribution is 2.35. The standard InChI is InChI=1S/C28H25NO4.C19H17NO2.C9H9IO2/c1-3-31-27(30)24-10-6-5-9-23(24)19-13-12-18(2)21(14-19)16-32-28-26-22(17-33-28)15-20-8-4-7-11-25(20)29-26;1-13-6-2-3-8-15(13)11-21-19-18-16(12-22-19)10-14-7-4-5-9-17(14)20-18;1-2-12-9(11)7-5-3-4-6-8(7)10/h4-15,28H,3,16-17H2,1-2H3;2-10,19H,11-12H2,1H3;3-6H,2H2,1H3. The Hall–Kier alpha value is -6.35. The van der Waals surface area contributed by atoms with Crippen LogP contribution in [0.1, 0.15) is 91.9 Å². The zero-order chi connectivity index (χ0) is 46.7. The Morgan fingerprint density at radius 1 is 0.567 bits per heavy atom. The van der Waals surface area contributed by atoms with E-state index in [0.717, 1.165) is 70.1 Å². The van der Waals surface area contributed by atoms with Crippen molar-refractivity contribution in [2.45, 2.75) is 66.7 Å². The number of esters is 2. The molecule has 8 aromatic rings. The van der Waals surface area contributed by atoms with Crippen LogP contribution in [0.2, 0.25) is 0 Å². The van der Waals surface area contributed by atoms with Crippen molar-refractivity contribution in [2.24, 2.45) is 0 Å². The first-order valence-corrected chi connectivity index (χ1v) is 23.3. The quantitative estimate of drug-likeness (QED) is 0.0916. The summed E-state index contributed by atoms with van der Waals surface area (Å²) in [7, 11) is 0. The number of carbonyl (C=O) groups is 2. The first-order chi connectivity index (χ1) is 32.7. The van der Waals surface area contributed by atoms with Crippen LogP contribution in [0.15, 0.2) is 152 Å². The van der Waals surface area contributed by atoms with Crippen molar-refractivity contribution in [3.63, 3.8) is 0 Å². The van der Waals surface area contributed by atoms with Crippen LogP contribution in [0, 0.1) is 17.4 Å². The second-order valence-electron chi connectivity index (χ2n) is 15.9. The molecular weight excluding hydrogens is 956 g/mol. The minimum absolute atomic E-state index is 0.248. The van der Waals surface area contributed by atoms with E-state index < -0.39 is 6.29 Å². The third-order valence-corrected chi connectivity index (χ3v) is 12.3. The first kappa shape index (κ1) is 47.2. The number of benzene rings is 6. The summed E-state index contributed by atoms with van der Waals surface area (Å²) in [5, 5.41) is 2.24. The number of aryl methyl sites for hydroxylation is 2. The average Bonchev–Trinajstić information content (AvgIpc) is 3.95. The highest BCUT2D eigenvalue weighted by atomic mass is 127. The SMILES string of the molecule is CCOC(=O)c1ccccc1-c1ccc(C)c(COC2OCc3cc4ccccc4nc32)c1.CCOC(=O)c1ccccc1I.Cc1ccccc1COC1OCc2cc3ccccc3nc21. The van der Waals surface area contributed by atoms with Crippen molar-refractivity contribution in [1.82, 2.24) is 9.97 Å². The molecule has 0 bridgehead atoms. The van der Waals surface area contributed by atoms with Gasteiger partial charge in [-0.05, 0) is 132 Å². The first-order valence-electron chi connectivity index (χ1n) is 22.3. The summed E-state index contributed by atoms with van der Waals surface area (Å²) in [6.07, 6.45) is -0.876. The molecule has 0 fully saturated rings. The molecule has 2 aliphatic heterocycles. The maximum atomic E-state index is 12.4. The van der Waals surface area contributed by atoms with E-state index in [-0.39, 0.29) is 18.2 Å². The lowest BCUT2D eigenvalue weighted by Crippen LogP contribution is -2.07. The van der Waals surface area contributed by atoms with E-state index >= 15 is 0 Å². The van der Waals surface area contributed by atoms with Crippen molar-refractivity contribution >= 4 is 56.3 Å². The van der Waals surface area contributed by atoms with E-state index in [9.17, 15) is 9.59 Å². The largest absolute Gasteiger partial charge is 0.462 e. The molecule has 0 N–H and O–H groups in total. The van der Waals surface area contributed by atoms with Gasteiger partial charge in [0.2, 0.25) is 12.6 Å². The number of hydrogen-bond donors (Lipinski definition) is 0. The Morgan fingerprint density at radius 3 is 1.66 bits per heavy atom. The second-order valence-corrected chi connectivity index (χ2v) is 17.1. The van der Waals surface area contributed by atoms with Crippen molar-refractivity contribution in [3.05, 3.63) is 211 Å². The Morgan fingerprint density at radius 2 is 1.06 bits per heavy atom. The minimum atomic E-state index is -0.500. The number of ether oxygens (including phenoxy) is 6. The topological polar surface area (TPSA) is 115 Å². The molecule has 2 unspecified atom stereocenters. The number of halogens is 1. The van der Waals surface area contributed by atoms with Gasteiger partial charge in [-0.1, -0.05) is 103 Å². The number of para-hydroxylation sites is 2. The van der Waals surface area contributed by atoms with E-state index in [1.54, 1.807) is 19.1 Å². The van der Waals surface area contributed by atoms with Gasteiger partial charge < -0.3 is 28.4 Å². The van der Waals surface area contributed by atoms with Crippen molar-refractivity contribution in [1.29, 1.82) is 0 Å². The summed E-state index contributed by atoms with van der Waals surface area (Å²) in [4.78, 5) is 33.2. The monoisotopic (exact) mass is 1010 g/mol. The lowest BCUT2D eigenvalue weighted by atomic mass is 9.96. The zero-order valence-corrected chi connectivity index (χ0v) is 40.0. The van der Waals surface area contributed by atoms with Crippen LogP contribution < -0.4 is 0 Å². The summed E-state index contributed by atoms with van der Waals surface area (Å²) >= 11 is 2.11. The lowest BCUT2D eigenvalue weighted by Gasteiger charge is -2.15. The maximum Gasteiger partial charge on any atom is 0.339 e. The fourth-order valence-electron chi connectivity index (χ4n) is 7.79. The highest BCUT2D eigenvalue weighted by molar-refractivity contribution is 14.1. The molecule has 0 aliphatic carbocycles. The number of carbonyl (C=O) groups excluding carboxylic acids is 2. The summed E-state index contributed by atoms with van der Waals surface area (Å²) in [5.74, 6) is -0.566. The lowest BCUT2D eigenvalue weighted by molar-refractivity contribution is -0.147. The molecule has 10 rings (SSSR count). The average molecular weight is 1010 g/mol. The number of fused-ring (bicyclic) bond motifs is 4. The fourth-order valence-corrected chi connectivity index (χ4v) is 8.39. The zero-order valence-electron chi connectivity index (χ0n) is 37.9. The molecule has 2 aromatic heterocycles. The molecule has 0 amide bonds. The van der Waals surface area contributed by atoms with E-state index in [2.05, 4.69) is 78.9 Å². The molecule has 2 atom stereocenters. The van der Waals surface area contributed by atoms with Crippen LogP contribution in [0.4, 0.5) is 0 Å². The van der Waals surface area contributed by atoms with E-state index in [1.807, 2.05) is 104 Å². The summed E-state index contributed by atoms with van der Waals surface area (Å²) < 4.78 is 34.8. The van der Waals surface area contributed by atoms with Crippen LogP contribution in [-0.2, 0) is 54.8 Å². The van der Waals surface area contributed by atoms with Gasteiger partial charge in [-0.15, -0.1) is 0 Å². The van der Waals surface area contributed by atoms with Gasteiger partial charge in [0, 0.05) is 25.5 Å². The Balaban J connectivity index is 0.000000153. The molecule has 0 saturated heterocycles. The third kappa shape index (κ3) is 11.4. The van der Waals surface area contributed by atoms with Crippen LogP contribution in [0.25, 0.3) is 32.9 Å². The predicted octanol–water partition coefficient (Wildman–Crippen LogP) is 12.9. The van der Waals surface area contributed by atoms with E-state index in [0.29, 0.717) is 50.8 Å². The molecule has 0 spiro atoms. The van der Waals surface area contributed by atoms with Crippen molar-refractivity contribution in [3.8, 4) is 11.1 Å². The number of aromatic nitrogens is 2. The Labute approximate surface area is 404 Å². The number of rotatable bonds is 11. The van der Waals surface area contributed by atoms with E-state index in [4.69, 9.17) is 38.4 Å². The van der Waals surface area contributed by atoms with Gasteiger partial charge >= 0.3 is 11.9 Å². The van der Waals surface area contributed by atoms with Crippen molar-refractivity contribution in [2.75, 3.05) is 13.2 Å². The van der Waals surface area contributed by atoms with Gasteiger partial charge in [-0.3, -0.25) is 0 Å². The predicted molar refractivity (Wildman–Crippen MR) is 267 cm³/mol. The molecule has 0 radical (unpaired) electrons. The molecule has 0 saturated carbocycles. The van der Waals surface area contributed by atoms with Gasteiger partial charge in [-0.25, -0.2) is 19.6 Å². The van der Waals surface area contributed by atoms with Gasteiger partial charge in [0.1, 0.15) is 11.4 Å². The van der Waals surface area contributed by atoms with Gasteiger partial charge in [-0.2, -0.15) is 0 Å². The second kappa shape index (κ2) is 22.4. The van der Waals surface area contributed by atoms with Gasteiger partial charge in [0.15, 0.2) is 0 Å². The Kier molecular flexibility index (Phi) is 15.8. The number of hydrogen-bond acceptors (Lipinski definition) is 10. The third-order valence-electron chi connectivity index (χ3n) is 11.4. The molecule has 67 heavy (non-hydrogen) atoms. The highest BCUT2D eigenvalue weighted by Gasteiger charge is 2.28.